The average molecular weight is 417 g/mol. The molecule has 7 heteroatoms. The Morgan fingerprint density at radius 1 is 1.35 bits per heavy atom. The standard InChI is InChI=1S/C16H12IN5O/c1-8-9(2)14(19-7-10(8)6-18)16(23)20-11-3-4-13-12(5-11)15(17)22-21-13/h3-5,7H,1-2H3,(H,20,23)(H,21,22). The van der Waals surface area contributed by atoms with Gasteiger partial charge in [-0.25, -0.2) is 4.98 Å². The average Bonchev–Trinajstić information content (AvgIpc) is 2.91. The van der Waals surface area contributed by atoms with Gasteiger partial charge in [0.2, 0.25) is 0 Å². The van der Waals surface area contributed by atoms with E-state index in [1.165, 1.54) is 6.20 Å². The summed E-state index contributed by atoms with van der Waals surface area (Å²) in [6.45, 7) is 3.60. The lowest BCUT2D eigenvalue weighted by Crippen LogP contribution is -2.16. The minimum absolute atomic E-state index is 0.298. The lowest BCUT2D eigenvalue weighted by atomic mass is 10.0. The zero-order valence-corrected chi connectivity index (χ0v) is 14.6. The summed E-state index contributed by atoms with van der Waals surface area (Å²) < 4.78 is 0.914. The van der Waals surface area contributed by atoms with E-state index in [2.05, 4.69) is 49.2 Å². The summed E-state index contributed by atoms with van der Waals surface area (Å²) in [5.74, 6) is -0.298. The molecular formula is C16H12IN5O. The molecular weight excluding hydrogens is 405 g/mol. The van der Waals surface area contributed by atoms with Crippen molar-refractivity contribution in [2.24, 2.45) is 0 Å². The Morgan fingerprint density at radius 2 is 2.13 bits per heavy atom. The molecule has 1 amide bonds. The van der Waals surface area contributed by atoms with E-state index < -0.39 is 0 Å². The number of rotatable bonds is 2. The first-order valence-corrected chi connectivity index (χ1v) is 7.90. The molecule has 0 aliphatic rings. The number of nitrogens with one attached hydrogen (secondary N) is 2. The van der Waals surface area contributed by atoms with Gasteiger partial charge in [0.1, 0.15) is 15.5 Å². The van der Waals surface area contributed by atoms with E-state index in [1.807, 2.05) is 19.1 Å². The zero-order valence-electron chi connectivity index (χ0n) is 12.4. The van der Waals surface area contributed by atoms with Crippen LogP contribution in [0.1, 0.15) is 27.2 Å². The van der Waals surface area contributed by atoms with Crippen molar-refractivity contribution in [1.82, 2.24) is 15.2 Å². The Hall–Kier alpha value is -2.47. The number of nitriles is 1. The van der Waals surface area contributed by atoms with Crippen LogP contribution in [0.5, 0.6) is 0 Å². The van der Waals surface area contributed by atoms with Crippen molar-refractivity contribution in [2.75, 3.05) is 5.32 Å². The maximum atomic E-state index is 12.5. The Bertz CT molecular complexity index is 970. The molecule has 0 unspecified atom stereocenters. The number of carbonyl (C=O) groups excluding carboxylic acids is 1. The van der Waals surface area contributed by atoms with Gasteiger partial charge in [0, 0.05) is 17.3 Å². The molecule has 0 saturated heterocycles. The van der Waals surface area contributed by atoms with Crippen molar-refractivity contribution >= 4 is 45.1 Å². The van der Waals surface area contributed by atoms with Crippen LogP contribution in [0.4, 0.5) is 5.69 Å². The molecule has 0 spiro atoms. The molecule has 0 fully saturated rings. The first-order chi connectivity index (χ1) is 11.0. The van der Waals surface area contributed by atoms with Crippen molar-refractivity contribution < 1.29 is 4.79 Å². The van der Waals surface area contributed by atoms with Gasteiger partial charge in [-0.05, 0) is 65.8 Å². The van der Waals surface area contributed by atoms with Crippen LogP contribution in [0.15, 0.2) is 24.4 Å². The SMILES string of the molecule is Cc1c(C#N)cnc(C(=O)Nc2ccc3n[nH]c(I)c3c2)c1C. The van der Waals surface area contributed by atoms with Crippen LogP contribution in [-0.4, -0.2) is 21.1 Å². The monoisotopic (exact) mass is 417 g/mol. The van der Waals surface area contributed by atoms with Crippen LogP contribution in [0.3, 0.4) is 0 Å². The molecule has 2 N–H and O–H groups in total. The molecule has 6 nitrogen and oxygen atoms in total. The predicted molar refractivity (Wildman–Crippen MR) is 95.2 cm³/mol. The van der Waals surface area contributed by atoms with Crippen LogP contribution < -0.4 is 5.32 Å². The summed E-state index contributed by atoms with van der Waals surface area (Å²) in [5, 5.41) is 19.9. The van der Waals surface area contributed by atoms with Crippen LogP contribution in [-0.2, 0) is 0 Å². The van der Waals surface area contributed by atoms with Gasteiger partial charge < -0.3 is 5.32 Å². The molecule has 3 aromatic rings. The molecule has 114 valence electrons. The van der Waals surface area contributed by atoms with E-state index in [1.54, 1.807) is 13.0 Å². The summed E-state index contributed by atoms with van der Waals surface area (Å²) in [4.78, 5) is 16.6. The first kappa shape index (κ1) is 15.4. The highest BCUT2D eigenvalue weighted by Gasteiger charge is 2.15. The van der Waals surface area contributed by atoms with Crippen molar-refractivity contribution in [3.05, 3.63) is 50.5 Å². The number of hydrogen-bond acceptors (Lipinski definition) is 4. The number of hydrogen-bond donors (Lipinski definition) is 2. The quantitative estimate of drug-likeness (QED) is 0.626. The van der Waals surface area contributed by atoms with Crippen LogP contribution >= 0.6 is 22.6 Å². The lowest BCUT2D eigenvalue weighted by molar-refractivity contribution is 0.102. The van der Waals surface area contributed by atoms with Crippen molar-refractivity contribution in [3.63, 3.8) is 0 Å². The fourth-order valence-corrected chi connectivity index (χ4v) is 2.84. The Balaban J connectivity index is 1.93. The summed E-state index contributed by atoms with van der Waals surface area (Å²) in [7, 11) is 0. The minimum atomic E-state index is -0.298. The van der Waals surface area contributed by atoms with E-state index in [4.69, 9.17) is 5.26 Å². The molecule has 0 aliphatic carbocycles. The Morgan fingerprint density at radius 3 is 2.87 bits per heavy atom. The van der Waals surface area contributed by atoms with Crippen molar-refractivity contribution in [2.45, 2.75) is 13.8 Å². The highest BCUT2D eigenvalue weighted by atomic mass is 127. The summed E-state index contributed by atoms with van der Waals surface area (Å²) in [6, 6.07) is 7.57. The number of aromatic nitrogens is 3. The summed E-state index contributed by atoms with van der Waals surface area (Å²) >= 11 is 2.16. The smallest absolute Gasteiger partial charge is 0.274 e. The molecule has 2 aromatic heterocycles. The third-order valence-corrected chi connectivity index (χ3v) is 4.57. The maximum Gasteiger partial charge on any atom is 0.274 e. The second kappa shape index (κ2) is 5.96. The van der Waals surface area contributed by atoms with Gasteiger partial charge in [0.05, 0.1) is 11.1 Å². The fraction of sp³-hybridized carbons (Fsp3) is 0.125. The number of aromatic amines is 1. The van der Waals surface area contributed by atoms with E-state index in [9.17, 15) is 4.79 Å². The molecule has 2 heterocycles. The molecule has 0 saturated carbocycles. The van der Waals surface area contributed by atoms with E-state index >= 15 is 0 Å². The molecule has 0 aliphatic heterocycles. The summed E-state index contributed by atoms with van der Waals surface area (Å²) in [5.41, 5.74) is 3.80. The van der Waals surface area contributed by atoms with Gasteiger partial charge in [-0.1, -0.05) is 0 Å². The van der Waals surface area contributed by atoms with E-state index in [0.717, 1.165) is 20.2 Å². The number of amides is 1. The molecule has 0 bridgehead atoms. The third-order valence-electron chi connectivity index (χ3n) is 3.75. The number of fused-ring (bicyclic) bond motifs is 1. The highest BCUT2D eigenvalue weighted by Crippen LogP contribution is 2.22. The number of carbonyl (C=O) groups is 1. The third kappa shape index (κ3) is 2.77. The number of halogens is 1. The number of nitrogens with zero attached hydrogens (tertiary/aromatic N) is 3. The van der Waals surface area contributed by atoms with Gasteiger partial charge >= 0.3 is 0 Å². The lowest BCUT2D eigenvalue weighted by Gasteiger charge is -2.09. The van der Waals surface area contributed by atoms with Crippen LogP contribution in [0, 0.1) is 28.9 Å². The van der Waals surface area contributed by atoms with Crippen molar-refractivity contribution in [3.8, 4) is 6.07 Å². The highest BCUT2D eigenvalue weighted by molar-refractivity contribution is 14.1. The predicted octanol–water partition coefficient (Wildman–Crippen LogP) is 3.30. The van der Waals surface area contributed by atoms with Crippen LogP contribution in [0.2, 0.25) is 0 Å². The second-order valence-corrected chi connectivity index (χ2v) is 6.18. The summed E-state index contributed by atoms with van der Waals surface area (Å²) in [6.07, 6.45) is 1.43. The molecule has 23 heavy (non-hydrogen) atoms. The first-order valence-electron chi connectivity index (χ1n) is 6.82. The molecule has 1 aromatic carbocycles. The molecule has 0 atom stereocenters. The van der Waals surface area contributed by atoms with Gasteiger partial charge in [0.25, 0.3) is 5.91 Å². The second-order valence-electron chi connectivity index (χ2n) is 5.11. The Kier molecular flexibility index (Phi) is 4.00. The number of H-pyrrole nitrogens is 1. The molecule has 3 rings (SSSR count). The number of anilines is 1. The molecule has 0 radical (unpaired) electrons. The minimum Gasteiger partial charge on any atom is -0.321 e. The largest absolute Gasteiger partial charge is 0.321 e. The van der Waals surface area contributed by atoms with E-state index in [-0.39, 0.29) is 5.91 Å². The number of benzene rings is 1. The topological polar surface area (TPSA) is 94.5 Å². The fourth-order valence-electron chi connectivity index (χ4n) is 2.29. The van der Waals surface area contributed by atoms with Gasteiger partial charge in [-0.15, -0.1) is 0 Å². The normalized spacial score (nSPS) is 10.5. The van der Waals surface area contributed by atoms with Crippen LogP contribution in [0.25, 0.3) is 10.9 Å². The van der Waals surface area contributed by atoms with Gasteiger partial charge in [-0.3, -0.25) is 9.89 Å². The van der Waals surface area contributed by atoms with Gasteiger partial charge in [-0.2, -0.15) is 10.4 Å². The zero-order chi connectivity index (χ0) is 16.6. The van der Waals surface area contributed by atoms with Crippen molar-refractivity contribution in [1.29, 1.82) is 5.26 Å². The van der Waals surface area contributed by atoms with E-state index in [0.29, 0.717) is 22.5 Å². The maximum absolute atomic E-state index is 12.5. The van der Waals surface area contributed by atoms with Gasteiger partial charge in [0.15, 0.2) is 0 Å². The Labute approximate surface area is 146 Å². The number of pyridine rings is 1.